The van der Waals surface area contributed by atoms with Gasteiger partial charge in [-0.15, -0.1) is 0 Å². The molecule has 8 heteroatoms. The molecule has 3 rings (SSSR count). The van der Waals surface area contributed by atoms with Crippen molar-refractivity contribution in [2.75, 3.05) is 11.0 Å². The van der Waals surface area contributed by atoms with Gasteiger partial charge in [0.25, 0.3) is 0 Å². The molecule has 0 fully saturated rings. The van der Waals surface area contributed by atoms with E-state index in [4.69, 9.17) is 11.6 Å². The fraction of sp³-hybridized carbons (Fsp3) is 0.0769. The fourth-order valence-electron chi connectivity index (χ4n) is 2.09. The van der Waals surface area contributed by atoms with E-state index in [1.165, 1.54) is 0 Å². The number of hydrogen-bond acceptors (Lipinski definition) is 4. The Kier molecular flexibility index (Phi) is 3.30. The molecule has 108 valence electrons. The van der Waals surface area contributed by atoms with Crippen LogP contribution in [0.4, 0.5) is 5.82 Å². The molecule has 0 amide bonds. The fourth-order valence-corrected chi connectivity index (χ4v) is 2.78. The monoisotopic (exact) mass is 322 g/mol. The highest BCUT2D eigenvalue weighted by molar-refractivity contribution is 7.92. The molecule has 3 aromatic rings. The van der Waals surface area contributed by atoms with Gasteiger partial charge in [-0.3, -0.25) is 4.72 Å². The van der Waals surface area contributed by atoms with Gasteiger partial charge in [-0.1, -0.05) is 11.6 Å². The first kappa shape index (κ1) is 13.8. The molecule has 0 spiro atoms. The first-order chi connectivity index (χ1) is 9.92. The number of anilines is 1. The van der Waals surface area contributed by atoms with Crippen LogP contribution >= 0.6 is 11.6 Å². The quantitative estimate of drug-likeness (QED) is 0.726. The summed E-state index contributed by atoms with van der Waals surface area (Å²) in [5.41, 5.74) is 2.37. The predicted molar refractivity (Wildman–Crippen MR) is 82.8 cm³/mol. The van der Waals surface area contributed by atoms with Crippen LogP contribution in [0.1, 0.15) is 0 Å². The molecule has 0 aliphatic rings. The molecule has 0 aromatic carbocycles. The highest BCUT2D eigenvalue weighted by atomic mass is 35.5. The molecule has 21 heavy (non-hydrogen) atoms. The van der Waals surface area contributed by atoms with Crippen molar-refractivity contribution in [2.45, 2.75) is 0 Å². The molecule has 3 aromatic heterocycles. The molecule has 0 aliphatic carbocycles. The number of H-pyrrole nitrogens is 1. The number of aromatic nitrogens is 3. The van der Waals surface area contributed by atoms with Crippen LogP contribution in [-0.2, 0) is 10.0 Å². The zero-order valence-electron chi connectivity index (χ0n) is 11.0. The Morgan fingerprint density at radius 2 is 2.14 bits per heavy atom. The molecule has 3 heterocycles. The van der Waals surface area contributed by atoms with Gasteiger partial charge in [0.1, 0.15) is 16.6 Å². The number of pyridine rings is 2. The summed E-state index contributed by atoms with van der Waals surface area (Å²) in [5, 5.41) is 1.13. The number of rotatable bonds is 3. The number of sulfonamides is 1. The second kappa shape index (κ2) is 5.01. The maximum atomic E-state index is 11.3. The lowest BCUT2D eigenvalue weighted by molar-refractivity contribution is 0.606. The van der Waals surface area contributed by atoms with Crippen LogP contribution in [0.5, 0.6) is 0 Å². The zero-order valence-corrected chi connectivity index (χ0v) is 12.5. The Bertz CT molecular complexity index is 921. The van der Waals surface area contributed by atoms with Crippen molar-refractivity contribution >= 4 is 38.5 Å². The largest absolute Gasteiger partial charge is 0.346 e. The predicted octanol–water partition coefficient (Wildman–Crippen LogP) is 2.65. The minimum absolute atomic E-state index is 0.179. The second-order valence-electron chi connectivity index (χ2n) is 4.54. The summed E-state index contributed by atoms with van der Waals surface area (Å²) in [4.78, 5) is 11.2. The maximum absolute atomic E-state index is 11.3. The van der Waals surface area contributed by atoms with Crippen LogP contribution in [-0.4, -0.2) is 29.6 Å². The van der Waals surface area contributed by atoms with Crippen LogP contribution < -0.4 is 4.72 Å². The number of nitrogens with one attached hydrogen (secondary N) is 2. The SMILES string of the molecule is CS(=O)(=O)Nc1cc(-c2c[nH]c3ncccc23)cc(Cl)n1. The van der Waals surface area contributed by atoms with Crippen LogP contribution in [0.15, 0.2) is 36.7 Å². The average Bonchev–Trinajstić information content (AvgIpc) is 2.79. The summed E-state index contributed by atoms with van der Waals surface area (Å²) in [5.74, 6) is 0.179. The van der Waals surface area contributed by atoms with E-state index in [-0.39, 0.29) is 11.0 Å². The Hall–Kier alpha value is -2.12. The maximum Gasteiger partial charge on any atom is 0.230 e. The summed E-state index contributed by atoms with van der Waals surface area (Å²) in [6.45, 7) is 0. The first-order valence-electron chi connectivity index (χ1n) is 6.00. The van der Waals surface area contributed by atoms with Crippen LogP contribution in [0.3, 0.4) is 0 Å². The number of aromatic amines is 1. The Labute approximate surface area is 126 Å². The Morgan fingerprint density at radius 3 is 2.90 bits per heavy atom. The average molecular weight is 323 g/mol. The van der Waals surface area contributed by atoms with E-state index in [0.717, 1.165) is 28.4 Å². The molecule has 0 saturated heterocycles. The van der Waals surface area contributed by atoms with Gasteiger partial charge in [0, 0.05) is 23.3 Å². The molecule has 0 radical (unpaired) electrons. The van der Waals surface area contributed by atoms with Gasteiger partial charge in [-0.05, 0) is 29.8 Å². The zero-order chi connectivity index (χ0) is 15.0. The Morgan fingerprint density at radius 1 is 1.33 bits per heavy atom. The third-order valence-corrected chi connectivity index (χ3v) is 3.62. The molecule has 0 unspecified atom stereocenters. The van der Waals surface area contributed by atoms with Gasteiger partial charge in [-0.2, -0.15) is 0 Å². The van der Waals surface area contributed by atoms with E-state index in [1.807, 2.05) is 12.1 Å². The van der Waals surface area contributed by atoms with Crippen molar-refractivity contribution in [3.05, 3.63) is 41.8 Å². The first-order valence-corrected chi connectivity index (χ1v) is 8.27. The van der Waals surface area contributed by atoms with Crippen LogP contribution in [0, 0.1) is 0 Å². The normalized spacial score (nSPS) is 11.7. The van der Waals surface area contributed by atoms with Crippen molar-refractivity contribution in [3.8, 4) is 11.1 Å². The number of fused-ring (bicyclic) bond motifs is 1. The summed E-state index contributed by atoms with van der Waals surface area (Å²) < 4.78 is 24.9. The lowest BCUT2D eigenvalue weighted by Crippen LogP contribution is -2.10. The summed E-state index contributed by atoms with van der Waals surface area (Å²) >= 11 is 5.98. The van der Waals surface area contributed by atoms with Crippen LogP contribution in [0.2, 0.25) is 5.15 Å². The van der Waals surface area contributed by atoms with Gasteiger partial charge in [0.15, 0.2) is 0 Å². The molecule has 0 saturated carbocycles. The van der Waals surface area contributed by atoms with E-state index < -0.39 is 10.0 Å². The molecule has 0 bridgehead atoms. The second-order valence-corrected chi connectivity index (χ2v) is 6.68. The molecule has 0 atom stereocenters. The van der Waals surface area contributed by atoms with E-state index in [2.05, 4.69) is 19.7 Å². The van der Waals surface area contributed by atoms with E-state index >= 15 is 0 Å². The third-order valence-electron chi connectivity index (χ3n) is 2.85. The minimum Gasteiger partial charge on any atom is -0.346 e. The van der Waals surface area contributed by atoms with Crippen molar-refractivity contribution < 1.29 is 8.42 Å². The van der Waals surface area contributed by atoms with Gasteiger partial charge < -0.3 is 4.98 Å². The van der Waals surface area contributed by atoms with Gasteiger partial charge in [0.05, 0.1) is 6.26 Å². The molecule has 6 nitrogen and oxygen atoms in total. The minimum atomic E-state index is -3.41. The third kappa shape index (κ3) is 2.98. The number of hydrogen-bond donors (Lipinski definition) is 2. The van der Waals surface area contributed by atoms with Crippen LogP contribution in [0.25, 0.3) is 22.2 Å². The van der Waals surface area contributed by atoms with Gasteiger partial charge in [0.2, 0.25) is 10.0 Å². The molecule has 2 N–H and O–H groups in total. The van der Waals surface area contributed by atoms with E-state index in [0.29, 0.717) is 0 Å². The summed E-state index contributed by atoms with van der Waals surface area (Å²) in [7, 11) is -3.41. The van der Waals surface area contributed by atoms with E-state index in [1.54, 1.807) is 24.5 Å². The Balaban J connectivity index is 2.14. The lowest BCUT2D eigenvalue weighted by Gasteiger charge is -2.06. The topological polar surface area (TPSA) is 87.7 Å². The molecular weight excluding hydrogens is 312 g/mol. The number of halogens is 1. The highest BCUT2D eigenvalue weighted by Gasteiger charge is 2.11. The summed E-state index contributed by atoms with van der Waals surface area (Å²) in [6.07, 6.45) is 4.55. The van der Waals surface area contributed by atoms with Crippen molar-refractivity contribution in [1.29, 1.82) is 0 Å². The molecular formula is C13H11ClN4O2S. The van der Waals surface area contributed by atoms with Gasteiger partial charge in [-0.25, -0.2) is 18.4 Å². The number of nitrogens with zero attached hydrogens (tertiary/aromatic N) is 2. The molecule has 0 aliphatic heterocycles. The standard InChI is InChI=1S/C13H11ClN4O2S/c1-21(19,20)18-12-6-8(5-11(14)17-12)10-7-16-13-9(10)3-2-4-15-13/h2-7H,1H3,(H,15,16)(H,17,18). The van der Waals surface area contributed by atoms with Gasteiger partial charge >= 0.3 is 0 Å². The van der Waals surface area contributed by atoms with E-state index in [9.17, 15) is 8.42 Å². The van der Waals surface area contributed by atoms with Crippen molar-refractivity contribution in [2.24, 2.45) is 0 Å². The summed E-state index contributed by atoms with van der Waals surface area (Å²) in [6, 6.07) is 7.05. The lowest BCUT2D eigenvalue weighted by atomic mass is 10.1. The van der Waals surface area contributed by atoms with Crippen molar-refractivity contribution in [1.82, 2.24) is 15.0 Å². The highest BCUT2D eigenvalue weighted by Crippen LogP contribution is 2.30. The van der Waals surface area contributed by atoms with Crippen molar-refractivity contribution in [3.63, 3.8) is 0 Å². The smallest absolute Gasteiger partial charge is 0.230 e.